The summed E-state index contributed by atoms with van der Waals surface area (Å²) in [4.78, 5) is 0.571. The summed E-state index contributed by atoms with van der Waals surface area (Å²) in [6.07, 6.45) is 0.886. The van der Waals surface area contributed by atoms with E-state index < -0.39 is 5.76 Å². The first kappa shape index (κ1) is 13.0. The molecule has 0 atom stereocenters. The Hall–Kier alpha value is -1.03. The quantitative estimate of drug-likeness (QED) is 0.588. The zero-order valence-corrected chi connectivity index (χ0v) is 9.99. The molecule has 0 unspecified atom stereocenters. The van der Waals surface area contributed by atoms with Crippen LogP contribution in [0.15, 0.2) is 41.3 Å². The van der Waals surface area contributed by atoms with Crippen LogP contribution in [0.1, 0.15) is 13.3 Å². The molecule has 0 aromatic heterocycles. The zero-order chi connectivity index (χ0) is 12.0. The summed E-state index contributed by atoms with van der Waals surface area (Å²) >= 11 is 0.559. The van der Waals surface area contributed by atoms with Crippen molar-refractivity contribution in [2.75, 3.05) is 11.9 Å². The number of halogens is 2. The predicted octanol–water partition coefficient (Wildman–Crippen LogP) is 4.38. The highest BCUT2D eigenvalue weighted by Crippen LogP contribution is 2.31. The number of hydrogen-bond donors (Lipinski definition) is 1. The van der Waals surface area contributed by atoms with Crippen LogP contribution in [-0.4, -0.2) is 12.3 Å². The first-order chi connectivity index (χ1) is 7.63. The van der Waals surface area contributed by atoms with Crippen molar-refractivity contribution >= 4 is 17.4 Å². The molecule has 0 spiro atoms. The van der Waals surface area contributed by atoms with Gasteiger partial charge < -0.3 is 5.32 Å². The van der Waals surface area contributed by atoms with E-state index in [4.69, 9.17) is 0 Å². The zero-order valence-electron chi connectivity index (χ0n) is 9.17. The summed E-state index contributed by atoms with van der Waals surface area (Å²) < 4.78 is 24.6. The molecule has 88 valence electrons. The van der Waals surface area contributed by atoms with Gasteiger partial charge in [-0.1, -0.05) is 43.0 Å². The molecule has 0 aliphatic carbocycles. The molecule has 1 rings (SSSR count). The summed E-state index contributed by atoms with van der Waals surface area (Å²) in [5, 5.41) is 3.12. The lowest BCUT2D eigenvalue weighted by atomic mass is 10.2. The molecule has 0 aliphatic heterocycles. The van der Waals surface area contributed by atoms with Crippen molar-refractivity contribution in [2.24, 2.45) is 0 Å². The lowest BCUT2D eigenvalue weighted by Gasteiger charge is -2.11. The number of thioether (sulfide) groups is 1. The van der Waals surface area contributed by atoms with Crippen molar-refractivity contribution < 1.29 is 8.78 Å². The molecule has 0 saturated carbocycles. The van der Waals surface area contributed by atoms with Gasteiger partial charge in [0.05, 0.1) is 0 Å². The Morgan fingerprint density at radius 2 is 2.12 bits per heavy atom. The maximum atomic E-state index is 12.3. The molecular weight excluding hydrogens is 228 g/mol. The smallest absolute Gasteiger partial charge is 0.288 e. The molecular formula is C12H15F2NS. The van der Waals surface area contributed by atoms with Crippen molar-refractivity contribution in [2.45, 2.75) is 24.0 Å². The van der Waals surface area contributed by atoms with Crippen LogP contribution in [0.2, 0.25) is 0 Å². The van der Waals surface area contributed by atoms with Gasteiger partial charge in [-0.25, -0.2) is 0 Å². The third-order valence-electron chi connectivity index (χ3n) is 2.13. The van der Waals surface area contributed by atoms with Crippen molar-refractivity contribution in [3.8, 4) is 0 Å². The Bertz CT molecular complexity index is 353. The van der Waals surface area contributed by atoms with Gasteiger partial charge in [-0.3, -0.25) is 0 Å². The minimum Gasteiger partial charge on any atom is -0.380 e. The first-order valence-electron chi connectivity index (χ1n) is 5.07. The number of nitrogens with one attached hydrogen (secondary N) is 1. The Balaban J connectivity index is 2.67. The number of para-hydroxylation sites is 1. The van der Waals surface area contributed by atoms with E-state index in [1.807, 2.05) is 13.0 Å². The topological polar surface area (TPSA) is 12.0 Å². The van der Waals surface area contributed by atoms with Crippen LogP contribution in [0, 0.1) is 0 Å². The van der Waals surface area contributed by atoms with E-state index >= 15 is 0 Å². The Morgan fingerprint density at radius 3 is 2.75 bits per heavy atom. The van der Waals surface area contributed by atoms with Crippen molar-refractivity contribution in [3.63, 3.8) is 0 Å². The monoisotopic (exact) mass is 243 g/mol. The molecule has 0 fully saturated rings. The third-order valence-corrected chi connectivity index (χ3v) is 2.92. The molecule has 0 radical (unpaired) electrons. The lowest BCUT2D eigenvalue weighted by molar-refractivity contribution is 0.252. The SMILES string of the molecule is C=C(CC)CNc1ccccc1SC(F)F. The predicted molar refractivity (Wildman–Crippen MR) is 66.2 cm³/mol. The van der Waals surface area contributed by atoms with E-state index in [-0.39, 0.29) is 0 Å². The molecule has 16 heavy (non-hydrogen) atoms. The normalized spacial score (nSPS) is 10.5. The lowest BCUT2D eigenvalue weighted by Crippen LogP contribution is -2.04. The number of hydrogen-bond acceptors (Lipinski definition) is 2. The summed E-state index contributed by atoms with van der Waals surface area (Å²) in [5.74, 6) is -2.39. The minimum atomic E-state index is -2.39. The molecule has 1 N–H and O–H groups in total. The van der Waals surface area contributed by atoms with Crippen LogP contribution in [0.25, 0.3) is 0 Å². The summed E-state index contributed by atoms with van der Waals surface area (Å²) in [6, 6.07) is 7.07. The second-order valence-electron chi connectivity index (χ2n) is 3.33. The molecule has 0 aliphatic rings. The van der Waals surface area contributed by atoms with Gasteiger partial charge in [0.25, 0.3) is 5.76 Å². The third kappa shape index (κ3) is 4.23. The van der Waals surface area contributed by atoms with Gasteiger partial charge in [0.15, 0.2) is 0 Å². The molecule has 0 bridgehead atoms. The largest absolute Gasteiger partial charge is 0.380 e. The maximum Gasteiger partial charge on any atom is 0.288 e. The summed E-state index contributed by atoms with van der Waals surface area (Å²) in [5.41, 5.74) is 1.79. The highest BCUT2D eigenvalue weighted by molar-refractivity contribution is 7.99. The molecule has 4 heteroatoms. The Kier molecular flexibility index (Phi) is 5.32. The Labute approximate surface area is 98.9 Å². The summed E-state index contributed by atoms with van der Waals surface area (Å²) in [6.45, 7) is 6.50. The van der Waals surface area contributed by atoms with Crippen molar-refractivity contribution in [1.82, 2.24) is 0 Å². The molecule has 0 saturated heterocycles. The minimum absolute atomic E-state index is 0.559. The fraction of sp³-hybridized carbons (Fsp3) is 0.333. The van der Waals surface area contributed by atoms with E-state index in [0.717, 1.165) is 17.7 Å². The van der Waals surface area contributed by atoms with Crippen LogP contribution in [0.3, 0.4) is 0 Å². The second kappa shape index (κ2) is 6.53. The van der Waals surface area contributed by atoms with Gasteiger partial charge in [-0.05, 0) is 18.6 Å². The second-order valence-corrected chi connectivity index (χ2v) is 4.36. The van der Waals surface area contributed by atoms with Crippen LogP contribution in [0.5, 0.6) is 0 Å². The number of rotatable bonds is 6. The van der Waals surface area contributed by atoms with E-state index in [9.17, 15) is 8.78 Å². The van der Waals surface area contributed by atoms with Gasteiger partial charge in [0.2, 0.25) is 0 Å². The standard InChI is InChI=1S/C12H15F2NS/c1-3-9(2)8-15-10-6-4-5-7-11(10)16-12(13)14/h4-7,12,15H,2-3,8H2,1H3. The molecule has 0 heterocycles. The van der Waals surface area contributed by atoms with Gasteiger partial charge in [-0.15, -0.1) is 0 Å². The highest BCUT2D eigenvalue weighted by Gasteiger charge is 2.08. The van der Waals surface area contributed by atoms with Crippen LogP contribution >= 0.6 is 11.8 Å². The van der Waals surface area contributed by atoms with Gasteiger partial charge in [0, 0.05) is 17.1 Å². The fourth-order valence-corrected chi connectivity index (χ4v) is 1.77. The van der Waals surface area contributed by atoms with E-state index in [0.29, 0.717) is 23.2 Å². The van der Waals surface area contributed by atoms with Crippen LogP contribution in [0.4, 0.5) is 14.5 Å². The van der Waals surface area contributed by atoms with Crippen molar-refractivity contribution in [3.05, 3.63) is 36.4 Å². The highest BCUT2D eigenvalue weighted by atomic mass is 32.2. The first-order valence-corrected chi connectivity index (χ1v) is 5.95. The molecule has 0 amide bonds. The number of alkyl halides is 2. The van der Waals surface area contributed by atoms with E-state index in [2.05, 4.69) is 11.9 Å². The van der Waals surface area contributed by atoms with Gasteiger partial charge >= 0.3 is 0 Å². The summed E-state index contributed by atoms with van der Waals surface area (Å²) in [7, 11) is 0. The van der Waals surface area contributed by atoms with Crippen LogP contribution in [-0.2, 0) is 0 Å². The fourth-order valence-electron chi connectivity index (χ4n) is 1.16. The van der Waals surface area contributed by atoms with Gasteiger partial charge in [-0.2, -0.15) is 8.78 Å². The van der Waals surface area contributed by atoms with Crippen molar-refractivity contribution in [1.29, 1.82) is 0 Å². The molecule has 1 aromatic carbocycles. The Morgan fingerprint density at radius 1 is 1.44 bits per heavy atom. The molecule has 1 nitrogen and oxygen atoms in total. The number of anilines is 1. The number of benzene rings is 1. The van der Waals surface area contributed by atoms with E-state index in [1.54, 1.807) is 18.2 Å². The van der Waals surface area contributed by atoms with Crippen LogP contribution < -0.4 is 5.32 Å². The molecule has 1 aromatic rings. The van der Waals surface area contributed by atoms with E-state index in [1.165, 1.54) is 0 Å². The van der Waals surface area contributed by atoms with Gasteiger partial charge in [0.1, 0.15) is 0 Å². The average molecular weight is 243 g/mol. The average Bonchev–Trinajstić information content (AvgIpc) is 2.26. The maximum absolute atomic E-state index is 12.3.